The number of nitrogens with zero attached hydrogens (tertiary/aromatic N) is 2. The molecule has 2 amide bonds. The highest BCUT2D eigenvalue weighted by Crippen LogP contribution is 2.39. The van der Waals surface area contributed by atoms with Gasteiger partial charge in [-0.15, -0.1) is 0 Å². The third kappa shape index (κ3) is 3.37. The predicted octanol–water partition coefficient (Wildman–Crippen LogP) is 4.15. The average molecular weight is 340 g/mol. The molecule has 0 aromatic heterocycles. The van der Waals surface area contributed by atoms with Gasteiger partial charge in [0.15, 0.2) is 0 Å². The summed E-state index contributed by atoms with van der Waals surface area (Å²) in [5, 5.41) is 0. The van der Waals surface area contributed by atoms with Crippen molar-refractivity contribution >= 4 is 6.03 Å². The smallest absolute Gasteiger partial charge is 0.323 e. The average Bonchev–Trinajstić information content (AvgIpc) is 2.72. The summed E-state index contributed by atoms with van der Waals surface area (Å²) in [6.07, 6.45) is -9.80. The zero-order valence-electron chi connectivity index (χ0n) is 12.3. The van der Waals surface area contributed by atoms with Gasteiger partial charge in [-0.2, -0.15) is 26.3 Å². The van der Waals surface area contributed by atoms with Gasteiger partial charge in [0, 0.05) is 20.1 Å². The molecule has 0 spiro atoms. The standard InChI is InChI=1S/C14H14F6N2O/c1-3-22-7-11(21(2)12(22)23)8-4-9(13(15,16)17)6-10(5-8)14(18,19)20/h4-6,11H,3,7H2,1-2H3. The summed E-state index contributed by atoms with van der Waals surface area (Å²) in [6, 6.07) is 0.137. The van der Waals surface area contributed by atoms with Crippen LogP contribution < -0.4 is 0 Å². The number of amides is 2. The van der Waals surface area contributed by atoms with E-state index in [1.165, 1.54) is 11.9 Å². The van der Waals surface area contributed by atoms with Crippen molar-refractivity contribution in [2.24, 2.45) is 0 Å². The number of alkyl halides is 6. The quantitative estimate of drug-likeness (QED) is 0.742. The first kappa shape index (κ1) is 17.4. The summed E-state index contributed by atoms with van der Waals surface area (Å²) < 4.78 is 77.3. The van der Waals surface area contributed by atoms with Gasteiger partial charge in [0.2, 0.25) is 0 Å². The fraction of sp³-hybridized carbons (Fsp3) is 0.500. The van der Waals surface area contributed by atoms with Gasteiger partial charge in [-0.3, -0.25) is 0 Å². The Labute approximate surface area is 128 Å². The zero-order valence-corrected chi connectivity index (χ0v) is 12.3. The van der Waals surface area contributed by atoms with Crippen molar-refractivity contribution in [1.29, 1.82) is 0 Å². The van der Waals surface area contributed by atoms with Gasteiger partial charge in [0.1, 0.15) is 0 Å². The molecule has 128 valence electrons. The molecule has 0 radical (unpaired) electrons. The summed E-state index contributed by atoms with van der Waals surface area (Å²) in [4.78, 5) is 14.4. The van der Waals surface area contributed by atoms with Crippen LogP contribution >= 0.6 is 0 Å². The molecule has 1 aliphatic rings. The number of carbonyl (C=O) groups is 1. The molecule has 23 heavy (non-hydrogen) atoms. The van der Waals surface area contributed by atoms with E-state index in [0.29, 0.717) is 18.7 Å². The van der Waals surface area contributed by atoms with Gasteiger partial charge >= 0.3 is 18.4 Å². The van der Waals surface area contributed by atoms with Crippen molar-refractivity contribution in [3.05, 3.63) is 34.9 Å². The van der Waals surface area contributed by atoms with E-state index in [0.717, 1.165) is 4.90 Å². The van der Waals surface area contributed by atoms with Crippen molar-refractivity contribution in [2.75, 3.05) is 20.1 Å². The van der Waals surface area contributed by atoms with Crippen LogP contribution in [-0.2, 0) is 12.4 Å². The number of hydrogen-bond donors (Lipinski definition) is 0. The van der Waals surface area contributed by atoms with Crippen LogP contribution in [0.2, 0.25) is 0 Å². The van der Waals surface area contributed by atoms with Crippen LogP contribution in [0, 0.1) is 0 Å². The molecule has 1 atom stereocenters. The Bertz CT molecular complexity index is 578. The van der Waals surface area contributed by atoms with Gasteiger partial charge in [-0.25, -0.2) is 4.79 Å². The van der Waals surface area contributed by atoms with Crippen LogP contribution in [0.5, 0.6) is 0 Å². The van der Waals surface area contributed by atoms with Gasteiger partial charge in [0.05, 0.1) is 17.2 Å². The van der Waals surface area contributed by atoms with Gasteiger partial charge < -0.3 is 9.80 Å². The zero-order chi connectivity index (χ0) is 17.6. The summed E-state index contributed by atoms with van der Waals surface area (Å²) in [5.74, 6) is 0. The lowest BCUT2D eigenvalue weighted by atomic mass is 9.99. The number of urea groups is 1. The maximum atomic E-state index is 12.9. The number of hydrogen-bond acceptors (Lipinski definition) is 1. The van der Waals surface area contributed by atoms with Crippen molar-refractivity contribution < 1.29 is 31.1 Å². The van der Waals surface area contributed by atoms with Crippen molar-refractivity contribution in [3.63, 3.8) is 0 Å². The first-order valence-corrected chi connectivity index (χ1v) is 6.76. The fourth-order valence-electron chi connectivity index (χ4n) is 2.53. The van der Waals surface area contributed by atoms with Crippen molar-refractivity contribution in [1.82, 2.24) is 9.80 Å². The monoisotopic (exact) mass is 340 g/mol. The normalized spacial score (nSPS) is 19.7. The van der Waals surface area contributed by atoms with Crippen LogP contribution in [0.1, 0.15) is 29.7 Å². The van der Waals surface area contributed by atoms with E-state index in [2.05, 4.69) is 0 Å². The highest BCUT2D eigenvalue weighted by Gasteiger charge is 2.40. The minimum absolute atomic E-state index is 0.0461. The van der Waals surface area contributed by atoms with Crippen LogP contribution in [0.4, 0.5) is 31.1 Å². The van der Waals surface area contributed by atoms with E-state index in [-0.39, 0.29) is 18.2 Å². The van der Waals surface area contributed by atoms with Crippen LogP contribution in [0.15, 0.2) is 18.2 Å². The van der Waals surface area contributed by atoms with E-state index in [1.807, 2.05) is 0 Å². The summed E-state index contributed by atoms with van der Waals surface area (Å²) in [6.45, 7) is 2.05. The molecule has 1 aromatic rings. The first-order chi connectivity index (χ1) is 10.4. The Balaban J connectivity index is 2.52. The molecular formula is C14H14F6N2O. The number of halogens is 6. The van der Waals surface area contributed by atoms with E-state index >= 15 is 0 Å². The molecule has 2 rings (SSSR count). The second-order valence-corrected chi connectivity index (χ2v) is 5.29. The SMILES string of the molecule is CCN1CC(c2cc(C(F)(F)F)cc(C(F)(F)F)c2)N(C)C1=O. The number of likely N-dealkylation sites (N-methyl/N-ethyl adjacent to an activating group) is 2. The molecule has 1 fully saturated rings. The van der Waals surface area contributed by atoms with E-state index in [1.54, 1.807) is 6.92 Å². The molecule has 1 saturated heterocycles. The Morgan fingerprint density at radius 2 is 1.52 bits per heavy atom. The Kier molecular flexibility index (Phi) is 4.25. The van der Waals surface area contributed by atoms with Crippen molar-refractivity contribution in [3.8, 4) is 0 Å². The minimum atomic E-state index is -4.90. The highest BCUT2D eigenvalue weighted by atomic mass is 19.4. The molecule has 0 N–H and O–H groups in total. The maximum Gasteiger partial charge on any atom is 0.416 e. The lowest BCUT2D eigenvalue weighted by Crippen LogP contribution is -2.29. The molecular weight excluding hydrogens is 326 g/mol. The van der Waals surface area contributed by atoms with Gasteiger partial charge in [0.25, 0.3) is 0 Å². The van der Waals surface area contributed by atoms with Crippen molar-refractivity contribution in [2.45, 2.75) is 25.3 Å². The molecule has 1 aliphatic heterocycles. The second kappa shape index (κ2) is 5.61. The van der Waals surface area contributed by atoms with E-state index in [9.17, 15) is 31.1 Å². The lowest BCUT2D eigenvalue weighted by molar-refractivity contribution is -0.143. The molecule has 1 aromatic carbocycles. The summed E-state index contributed by atoms with van der Waals surface area (Å²) in [7, 11) is 1.36. The van der Waals surface area contributed by atoms with Crippen LogP contribution in [0.25, 0.3) is 0 Å². The predicted molar refractivity (Wildman–Crippen MR) is 69.6 cm³/mol. The van der Waals surface area contributed by atoms with Crippen LogP contribution in [-0.4, -0.2) is 36.0 Å². The third-order valence-electron chi connectivity index (χ3n) is 3.81. The highest BCUT2D eigenvalue weighted by molar-refractivity contribution is 5.77. The molecule has 1 unspecified atom stereocenters. The maximum absolute atomic E-state index is 12.9. The molecule has 1 heterocycles. The number of carbonyl (C=O) groups excluding carboxylic acids is 1. The molecule has 0 aliphatic carbocycles. The largest absolute Gasteiger partial charge is 0.416 e. The third-order valence-corrected chi connectivity index (χ3v) is 3.81. The Hall–Kier alpha value is -1.93. The topological polar surface area (TPSA) is 23.6 Å². The Morgan fingerprint density at radius 1 is 1.04 bits per heavy atom. The van der Waals surface area contributed by atoms with Crippen LogP contribution in [0.3, 0.4) is 0 Å². The van der Waals surface area contributed by atoms with E-state index in [4.69, 9.17) is 0 Å². The minimum Gasteiger partial charge on any atom is -0.323 e. The van der Waals surface area contributed by atoms with E-state index < -0.39 is 35.6 Å². The molecule has 0 bridgehead atoms. The number of rotatable bonds is 2. The molecule has 3 nitrogen and oxygen atoms in total. The Morgan fingerprint density at radius 3 is 1.87 bits per heavy atom. The second-order valence-electron chi connectivity index (χ2n) is 5.29. The number of benzene rings is 1. The summed E-state index contributed by atoms with van der Waals surface area (Å²) in [5.41, 5.74) is -2.94. The van der Waals surface area contributed by atoms with Gasteiger partial charge in [-0.1, -0.05) is 0 Å². The molecule has 0 saturated carbocycles. The molecule has 9 heteroatoms. The fourth-order valence-corrected chi connectivity index (χ4v) is 2.53. The van der Waals surface area contributed by atoms with Gasteiger partial charge in [-0.05, 0) is 30.7 Å². The summed E-state index contributed by atoms with van der Waals surface area (Å²) >= 11 is 0. The lowest BCUT2D eigenvalue weighted by Gasteiger charge is -2.21. The first-order valence-electron chi connectivity index (χ1n) is 6.76.